The molecular formula is C27H27N7O3S. The number of hydrogen-bond acceptors (Lipinski definition) is 8. The summed E-state index contributed by atoms with van der Waals surface area (Å²) in [6.07, 6.45) is 4.26. The van der Waals surface area contributed by atoms with Crippen molar-refractivity contribution in [3.63, 3.8) is 0 Å². The van der Waals surface area contributed by atoms with Crippen LogP contribution in [0.5, 0.6) is 0 Å². The maximum atomic E-state index is 12.9. The zero-order valence-electron chi connectivity index (χ0n) is 20.8. The second-order valence-electron chi connectivity index (χ2n) is 9.04. The molecule has 1 fully saturated rings. The summed E-state index contributed by atoms with van der Waals surface area (Å²) in [5.74, 6) is 0.555. The number of anilines is 3. The number of benzene rings is 2. The highest BCUT2D eigenvalue weighted by molar-refractivity contribution is 7.92. The molecule has 10 nitrogen and oxygen atoms in total. The van der Waals surface area contributed by atoms with E-state index >= 15 is 0 Å². The van der Waals surface area contributed by atoms with Crippen molar-refractivity contribution in [3.8, 4) is 11.3 Å². The molecule has 5 rings (SSSR count). The molecule has 4 aromatic rings. The van der Waals surface area contributed by atoms with Gasteiger partial charge in [0.2, 0.25) is 11.9 Å². The molecule has 2 aromatic heterocycles. The maximum absolute atomic E-state index is 12.9. The molecular weight excluding hydrogens is 502 g/mol. The Labute approximate surface area is 221 Å². The largest absolute Gasteiger partial charge is 0.355 e. The van der Waals surface area contributed by atoms with Crippen LogP contribution in [0.15, 0.2) is 84.0 Å². The van der Waals surface area contributed by atoms with Gasteiger partial charge in [-0.15, -0.1) is 10.2 Å². The first-order valence-corrected chi connectivity index (χ1v) is 13.7. The SMILES string of the molecule is Cc1ccccc1-c1ccc(N2CCC(C(=O)Nc3ccc(S(=O)(=O)Nc4ncccn4)cc3)CC2)nn1. The predicted octanol–water partition coefficient (Wildman–Crippen LogP) is 3.90. The Morgan fingerprint density at radius 2 is 1.61 bits per heavy atom. The molecule has 1 aliphatic heterocycles. The highest BCUT2D eigenvalue weighted by atomic mass is 32.2. The second kappa shape index (κ2) is 10.9. The van der Waals surface area contributed by atoms with Gasteiger partial charge in [0.1, 0.15) is 0 Å². The van der Waals surface area contributed by atoms with E-state index in [0.717, 1.165) is 22.6 Å². The van der Waals surface area contributed by atoms with Gasteiger partial charge in [-0.3, -0.25) is 4.79 Å². The van der Waals surface area contributed by atoms with Crippen molar-refractivity contribution in [1.29, 1.82) is 0 Å². The van der Waals surface area contributed by atoms with Crippen LogP contribution in [-0.2, 0) is 14.8 Å². The van der Waals surface area contributed by atoms with Gasteiger partial charge >= 0.3 is 0 Å². The summed E-state index contributed by atoms with van der Waals surface area (Å²) < 4.78 is 27.4. The molecule has 11 heteroatoms. The third-order valence-corrected chi connectivity index (χ3v) is 7.83. The van der Waals surface area contributed by atoms with Crippen molar-refractivity contribution >= 4 is 33.4 Å². The molecule has 0 atom stereocenters. The van der Waals surface area contributed by atoms with Gasteiger partial charge < -0.3 is 10.2 Å². The average molecular weight is 530 g/mol. The first kappa shape index (κ1) is 25.3. The molecule has 0 spiro atoms. The van der Waals surface area contributed by atoms with Gasteiger partial charge in [-0.1, -0.05) is 24.3 Å². The quantitative estimate of drug-likeness (QED) is 0.369. The number of aromatic nitrogens is 4. The van der Waals surface area contributed by atoms with Crippen molar-refractivity contribution in [1.82, 2.24) is 20.2 Å². The van der Waals surface area contributed by atoms with Crippen LogP contribution >= 0.6 is 0 Å². The highest BCUT2D eigenvalue weighted by Crippen LogP contribution is 2.26. The van der Waals surface area contributed by atoms with Gasteiger partial charge in [-0.2, -0.15) is 0 Å². The van der Waals surface area contributed by atoms with Crippen LogP contribution in [-0.4, -0.2) is 47.6 Å². The van der Waals surface area contributed by atoms with Gasteiger partial charge in [0.25, 0.3) is 10.0 Å². The molecule has 0 saturated carbocycles. The summed E-state index contributed by atoms with van der Waals surface area (Å²) in [7, 11) is -3.84. The normalized spacial score (nSPS) is 14.2. The van der Waals surface area contributed by atoms with E-state index in [-0.39, 0.29) is 22.7 Å². The number of sulfonamides is 1. The number of amides is 1. The van der Waals surface area contributed by atoms with E-state index < -0.39 is 10.0 Å². The molecule has 194 valence electrons. The number of nitrogens with zero attached hydrogens (tertiary/aromatic N) is 5. The Hall–Kier alpha value is -4.38. The Morgan fingerprint density at radius 1 is 0.895 bits per heavy atom. The summed E-state index contributed by atoms with van der Waals surface area (Å²) in [6.45, 7) is 3.44. The molecule has 0 unspecified atom stereocenters. The monoisotopic (exact) mass is 529 g/mol. The number of rotatable bonds is 7. The lowest BCUT2D eigenvalue weighted by Gasteiger charge is -2.31. The standard InChI is InChI=1S/C27H27N7O3S/c1-19-5-2-3-6-23(19)24-11-12-25(32-31-24)34-17-13-20(14-18-34)26(35)30-21-7-9-22(10-8-21)38(36,37)33-27-28-15-4-16-29-27/h2-12,15-16,20H,13-14,17-18H2,1H3,(H,30,35)(H,28,29,33). The fraction of sp³-hybridized carbons (Fsp3) is 0.222. The molecule has 0 bridgehead atoms. The molecule has 0 aliphatic carbocycles. The van der Waals surface area contributed by atoms with Crippen molar-refractivity contribution < 1.29 is 13.2 Å². The van der Waals surface area contributed by atoms with E-state index in [9.17, 15) is 13.2 Å². The van der Waals surface area contributed by atoms with Crippen molar-refractivity contribution in [2.75, 3.05) is 28.0 Å². The topological polar surface area (TPSA) is 130 Å². The molecule has 2 aromatic carbocycles. The third kappa shape index (κ3) is 5.78. The number of carbonyl (C=O) groups excluding carboxylic acids is 1. The third-order valence-electron chi connectivity index (χ3n) is 6.48. The number of hydrogen-bond donors (Lipinski definition) is 2. The van der Waals surface area contributed by atoms with Crippen molar-refractivity contribution in [2.45, 2.75) is 24.7 Å². The van der Waals surface area contributed by atoms with Crippen LogP contribution in [0.25, 0.3) is 11.3 Å². The maximum Gasteiger partial charge on any atom is 0.264 e. The Kier molecular flexibility index (Phi) is 7.27. The zero-order chi connectivity index (χ0) is 26.5. The number of aryl methyl sites for hydroxylation is 1. The number of nitrogens with one attached hydrogen (secondary N) is 2. The highest BCUT2D eigenvalue weighted by Gasteiger charge is 2.26. The van der Waals surface area contributed by atoms with E-state index in [1.807, 2.05) is 30.3 Å². The number of carbonyl (C=O) groups is 1. The predicted molar refractivity (Wildman–Crippen MR) is 145 cm³/mol. The zero-order valence-corrected chi connectivity index (χ0v) is 21.6. The lowest BCUT2D eigenvalue weighted by atomic mass is 9.95. The van der Waals surface area contributed by atoms with Gasteiger partial charge in [-0.05, 0) is 67.8 Å². The van der Waals surface area contributed by atoms with Crippen LogP contribution < -0.4 is 14.9 Å². The van der Waals surface area contributed by atoms with Gasteiger partial charge in [0.05, 0.1) is 10.6 Å². The Balaban J connectivity index is 1.15. The first-order valence-electron chi connectivity index (χ1n) is 12.2. The Bertz CT molecular complexity index is 1500. The first-order chi connectivity index (χ1) is 18.4. The molecule has 1 amide bonds. The molecule has 38 heavy (non-hydrogen) atoms. The lowest BCUT2D eigenvalue weighted by molar-refractivity contribution is -0.120. The summed E-state index contributed by atoms with van der Waals surface area (Å²) in [4.78, 5) is 22.8. The van der Waals surface area contributed by atoms with E-state index in [2.05, 4.69) is 48.1 Å². The summed E-state index contributed by atoms with van der Waals surface area (Å²) in [6, 6.07) is 19.6. The van der Waals surface area contributed by atoms with Crippen molar-refractivity contribution in [3.05, 3.63) is 84.7 Å². The smallest absolute Gasteiger partial charge is 0.264 e. The van der Waals surface area contributed by atoms with Crippen molar-refractivity contribution in [2.24, 2.45) is 5.92 Å². The van der Waals surface area contributed by atoms with Gasteiger partial charge in [-0.25, -0.2) is 23.1 Å². The fourth-order valence-electron chi connectivity index (χ4n) is 4.36. The van der Waals surface area contributed by atoms with Crippen LogP contribution in [0, 0.1) is 12.8 Å². The summed E-state index contributed by atoms with van der Waals surface area (Å²) in [5, 5.41) is 11.7. The summed E-state index contributed by atoms with van der Waals surface area (Å²) >= 11 is 0. The van der Waals surface area contributed by atoms with E-state index in [4.69, 9.17) is 0 Å². The molecule has 1 aliphatic rings. The minimum atomic E-state index is -3.84. The van der Waals surface area contributed by atoms with Crippen LogP contribution in [0.1, 0.15) is 18.4 Å². The van der Waals surface area contributed by atoms with Gasteiger partial charge in [0, 0.05) is 42.7 Å². The van der Waals surface area contributed by atoms with Crippen LogP contribution in [0.2, 0.25) is 0 Å². The van der Waals surface area contributed by atoms with Crippen LogP contribution in [0.3, 0.4) is 0 Å². The molecule has 2 N–H and O–H groups in total. The fourth-order valence-corrected chi connectivity index (χ4v) is 5.32. The Morgan fingerprint density at radius 3 is 2.26 bits per heavy atom. The molecule has 0 radical (unpaired) electrons. The van der Waals surface area contributed by atoms with E-state index in [1.165, 1.54) is 24.5 Å². The number of piperidine rings is 1. The molecule has 1 saturated heterocycles. The van der Waals surface area contributed by atoms with E-state index in [1.54, 1.807) is 18.2 Å². The van der Waals surface area contributed by atoms with Gasteiger partial charge in [0.15, 0.2) is 5.82 Å². The lowest BCUT2D eigenvalue weighted by Crippen LogP contribution is -2.38. The van der Waals surface area contributed by atoms with Crippen LogP contribution in [0.4, 0.5) is 17.5 Å². The summed E-state index contributed by atoms with van der Waals surface area (Å²) in [5.41, 5.74) is 3.58. The minimum absolute atomic E-state index is 0.00978. The minimum Gasteiger partial charge on any atom is -0.355 e. The molecule has 3 heterocycles. The second-order valence-corrected chi connectivity index (χ2v) is 10.7. The average Bonchev–Trinajstić information content (AvgIpc) is 2.94. The van der Waals surface area contributed by atoms with E-state index in [0.29, 0.717) is 31.6 Å².